The van der Waals surface area contributed by atoms with Gasteiger partial charge in [0.25, 0.3) is 5.91 Å². The molecule has 2 heterocycles. The second-order valence-electron chi connectivity index (χ2n) is 6.53. The van der Waals surface area contributed by atoms with E-state index in [4.69, 9.17) is 15.5 Å². The Bertz CT molecular complexity index is 1030. The maximum atomic E-state index is 12.3. The van der Waals surface area contributed by atoms with Crippen molar-refractivity contribution in [2.45, 2.75) is 13.8 Å². The number of anilines is 1. The molecule has 0 saturated heterocycles. The summed E-state index contributed by atoms with van der Waals surface area (Å²) < 4.78 is 6.83. The zero-order chi connectivity index (χ0) is 20.8. The topological polar surface area (TPSA) is 111 Å². The molecule has 4 N–H and O–H groups in total. The second-order valence-corrected chi connectivity index (χ2v) is 6.53. The van der Waals surface area contributed by atoms with E-state index >= 15 is 0 Å². The third kappa shape index (κ3) is 4.72. The first-order valence-electron chi connectivity index (χ1n) is 9.50. The number of hydrogen-bond donors (Lipinski definition) is 3. The normalized spacial score (nSPS) is 10.7. The number of aromatic nitrogens is 2. The van der Waals surface area contributed by atoms with Gasteiger partial charge in [0.1, 0.15) is 23.7 Å². The molecule has 8 heteroatoms. The van der Waals surface area contributed by atoms with Crippen molar-refractivity contribution in [2.75, 3.05) is 31.6 Å². The monoisotopic (exact) mass is 395 g/mol. The van der Waals surface area contributed by atoms with E-state index in [-0.39, 0.29) is 18.4 Å². The zero-order valence-corrected chi connectivity index (χ0v) is 16.6. The fraction of sp³-hybridized carbons (Fsp3) is 0.286. The number of carbonyl (C=O) groups is 2. The molecule has 1 aromatic carbocycles. The van der Waals surface area contributed by atoms with Crippen LogP contribution >= 0.6 is 0 Å². The van der Waals surface area contributed by atoms with Gasteiger partial charge in [-0.05, 0) is 32.0 Å². The Morgan fingerprint density at radius 2 is 2.07 bits per heavy atom. The standard InChI is InChI=1S/C21H25N5O3/c1-3-29-18(27)13-24-20-19(15-6-4-5-14(2)11-15)25-17-12-16(7-10-26(17)20)21(28)23-9-8-22/h4-7,10-12,24H,3,8-9,13,22H2,1-2H3,(H,23,28). The fourth-order valence-corrected chi connectivity index (χ4v) is 3.00. The minimum atomic E-state index is -0.351. The number of nitrogens with one attached hydrogen (secondary N) is 2. The Morgan fingerprint density at radius 3 is 2.79 bits per heavy atom. The van der Waals surface area contributed by atoms with Crippen molar-refractivity contribution in [3.8, 4) is 11.3 Å². The highest BCUT2D eigenvalue weighted by molar-refractivity contribution is 5.95. The number of imidazole rings is 1. The molecule has 0 atom stereocenters. The molecule has 152 valence electrons. The van der Waals surface area contributed by atoms with Crippen molar-refractivity contribution in [3.05, 3.63) is 53.7 Å². The van der Waals surface area contributed by atoms with Crippen LogP contribution in [0.2, 0.25) is 0 Å². The third-order valence-electron chi connectivity index (χ3n) is 4.32. The van der Waals surface area contributed by atoms with E-state index in [2.05, 4.69) is 10.6 Å². The second kappa shape index (κ2) is 9.20. The zero-order valence-electron chi connectivity index (χ0n) is 16.6. The summed E-state index contributed by atoms with van der Waals surface area (Å²) in [7, 11) is 0. The molecule has 0 saturated carbocycles. The molecule has 0 fully saturated rings. The third-order valence-corrected chi connectivity index (χ3v) is 4.32. The highest BCUT2D eigenvalue weighted by Gasteiger charge is 2.17. The molecular weight excluding hydrogens is 370 g/mol. The van der Waals surface area contributed by atoms with Crippen LogP contribution < -0.4 is 16.4 Å². The van der Waals surface area contributed by atoms with Gasteiger partial charge in [0.05, 0.1) is 6.61 Å². The molecule has 2 aromatic heterocycles. The van der Waals surface area contributed by atoms with E-state index in [1.807, 2.05) is 35.6 Å². The first-order chi connectivity index (χ1) is 14.0. The largest absolute Gasteiger partial charge is 0.465 e. The number of amides is 1. The number of carbonyl (C=O) groups excluding carboxylic acids is 2. The molecule has 3 aromatic rings. The lowest BCUT2D eigenvalue weighted by Gasteiger charge is -2.09. The predicted molar refractivity (Wildman–Crippen MR) is 112 cm³/mol. The molecular formula is C21H25N5O3. The van der Waals surface area contributed by atoms with E-state index in [9.17, 15) is 9.59 Å². The van der Waals surface area contributed by atoms with Crippen LogP contribution in [0.5, 0.6) is 0 Å². The van der Waals surface area contributed by atoms with Gasteiger partial charge in [0, 0.05) is 30.4 Å². The van der Waals surface area contributed by atoms with E-state index < -0.39 is 0 Å². The molecule has 0 aliphatic heterocycles. The van der Waals surface area contributed by atoms with Crippen LogP contribution in [0.15, 0.2) is 42.6 Å². The number of aryl methyl sites for hydroxylation is 1. The SMILES string of the molecule is CCOC(=O)CNc1c(-c2cccc(C)c2)nc2cc(C(=O)NCCN)ccn12. The van der Waals surface area contributed by atoms with Crippen LogP contribution in [0, 0.1) is 6.92 Å². The molecule has 29 heavy (non-hydrogen) atoms. The van der Waals surface area contributed by atoms with E-state index in [1.54, 1.807) is 25.3 Å². The smallest absolute Gasteiger partial charge is 0.325 e. The maximum Gasteiger partial charge on any atom is 0.325 e. The Hall–Kier alpha value is -3.39. The van der Waals surface area contributed by atoms with Crippen molar-refractivity contribution >= 4 is 23.3 Å². The van der Waals surface area contributed by atoms with Crippen LogP contribution in [-0.2, 0) is 9.53 Å². The molecule has 0 radical (unpaired) electrons. The van der Waals surface area contributed by atoms with Gasteiger partial charge >= 0.3 is 5.97 Å². The minimum Gasteiger partial charge on any atom is -0.465 e. The van der Waals surface area contributed by atoms with Crippen LogP contribution in [0.1, 0.15) is 22.8 Å². The van der Waals surface area contributed by atoms with Gasteiger partial charge in [-0.2, -0.15) is 0 Å². The summed E-state index contributed by atoms with van der Waals surface area (Å²) in [5, 5.41) is 5.88. The lowest BCUT2D eigenvalue weighted by atomic mass is 10.1. The number of benzene rings is 1. The Kier molecular flexibility index (Phi) is 6.46. The molecule has 1 amide bonds. The van der Waals surface area contributed by atoms with Crippen molar-refractivity contribution < 1.29 is 14.3 Å². The average molecular weight is 395 g/mol. The maximum absolute atomic E-state index is 12.3. The molecule has 0 aliphatic carbocycles. The molecule has 0 aliphatic rings. The minimum absolute atomic E-state index is 0.0131. The molecule has 0 unspecified atom stereocenters. The summed E-state index contributed by atoms with van der Waals surface area (Å²) in [6, 6.07) is 11.3. The Morgan fingerprint density at radius 1 is 1.24 bits per heavy atom. The molecule has 8 nitrogen and oxygen atoms in total. The van der Waals surface area contributed by atoms with Crippen molar-refractivity contribution in [1.82, 2.24) is 14.7 Å². The summed E-state index contributed by atoms with van der Waals surface area (Å²) in [4.78, 5) is 28.8. The number of rotatable bonds is 8. The Balaban J connectivity index is 2.02. The van der Waals surface area contributed by atoms with Gasteiger partial charge in [-0.15, -0.1) is 0 Å². The van der Waals surface area contributed by atoms with Gasteiger partial charge in [-0.3, -0.25) is 14.0 Å². The summed E-state index contributed by atoms with van der Waals surface area (Å²) in [5.74, 6) is 0.0992. The van der Waals surface area contributed by atoms with Crippen LogP contribution in [-0.4, -0.2) is 47.5 Å². The number of ether oxygens (including phenoxy) is 1. The van der Waals surface area contributed by atoms with E-state index in [0.717, 1.165) is 11.1 Å². The van der Waals surface area contributed by atoms with E-state index in [0.29, 0.717) is 42.4 Å². The van der Waals surface area contributed by atoms with Gasteiger partial charge in [0.2, 0.25) is 0 Å². The first kappa shape index (κ1) is 20.3. The van der Waals surface area contributed by atoms with Crippen LogP contribution in [0.4, 0.5) is 5.82 Å². The van der Waals surface area contributed by atoms with Crippen molar-refractivity contribution in [2.24, 2.45) is 5.73 Å². The summed E-state index contributed by atoms with van der Waals surface area (Å²) in [6.45, 7) is 4.88. The van der Waals surface area contributed by atoms with Gasteiger partial charge in [-0.25, -0.2) is 4.98 Å². The first-order valence-corrected chi connectivity index (χ1v) is 9.50. The van der Waals surface area contributed by atoms with Crippen LogP contribution in [0.3, 0.4) is 0 Å². The number of esters is 1. The fourth-order valence-electron chi connectivity index (χ4n) is 3.00. The predicted octanol–water partition coefficient (Wildman–Crippen LogP) is 1.97. The molecule has 0 bridgehead atoms. The lowest BCUT2D eigenvalue weighted by molar-refractivity contribution is -0.140. The van der Waals surface area contributed by atoms with Crippen LogP contribution in [0.25, 0.3) is 16.9 Å². The van der Waals surface area contributed by atoms with Gasteiger partial charge < -0.3 is 21.1 Å². The number of nitrogens with zero attached hydrogens (tertiary/aromatic N) is 2. The highest BCUT2D eigenvalue weighted by atomic mass is 16.5. The average Bonchev–Trinajstić information content (AvgIpc) is 3.08. The number of pyridine rings is 1. The lowest BCUT2D eigenvalue weighted by Crippen LogP contribution is -2.29. The van der Waals surface area contributed by atoms with Gasteiger partial charge in [-0.1, -0.05) is 23.8 Å². The summed E-state index contributed by atoms with van der Waals surface area (Å²) in [6.07, 6.45) is 1.76. The van der Waals surface area contributed by atoms with Crippen molar-refractivity contribution in [3.63, 3.8) is 0 Å². The number of fused-ring (bicyclic) bond motifs is 1. The molecule has 3 rings (SSSR count). The summed E-state index contributed by atoms with van der Waals surface area (Å²) in [5.41, 5.74) is 9.23. The van der Waals surface area contributed by atoms with E-state index in [1.165, 1.54) is 0 Å². The Labute approximate surface area is 169 Å². The quantitative estimate of drug-likeness (QED) is 0.503. The number of nitrogens with two attached hydrogens (primary N) is 1. The van der Waals surface area contributed by atoms with Crippen molar-refractivity contribution in [1.29, 1.82) is 0 Å². The number of hydrogen-bond acceptors (Lipinski definition) is 6. The molecule has 0 spiro atoms. The highest BCUT2D eigenvalue weighted by Crippen LogP contribution is 2.29. The summed E-state index contributed by atoms with van der Waals surface area (Å²) >= 11 is 0. The van der Waals surface area contributed by atoms with Gasteiger partial charge in [0.15, 0.2) is 0 Å².